The van der Waals surface area contributed by atoms with Crippen LogP contribution in [0.2, 0.25) is 0 Å². The van der Waals surface area contributed by atoms with Crippen LogP contribution < -0.4 is 15.1 Å². The Kier molecular flexibility index (Phi) is 4.35. The molecule has 126 valence electrons. The smallest absolute Gasteiger partial charge is 0.336 e. The van der Waals surface area contributed by atoms with Crippen molar-refractivity contribution in [2.75, 3.05) is 0 Å². The van der Waals surface area contributed by atoms with Crippen molar-refractivity contribution < 1.29 is 23.5 Å². The van der Waals surface area contributed by atoms with Gasteiger partial charge in [0.15, 0.2) is 0 Å². The minimum Gasteiger partial charge on any atom is -0.426 e. The minimum atomic E-state index is -0.569. The first-order valence-corrected chi connectivity index (χ1v) is 7.48. The lowest BCUT2D eigenvalue weighted by molar-refractivity contribution is -0.132. The Hall–Kier alpha value is -3.41. The van der Waals surface area contributed by atoms with Gasteiger partial charge in [-0.2, -0.15) is 0 Å². The van der Waals surface area contributed by atoms with Crippen molar-refractivity contribution in [3.63, 3.8) is 0 Å². The van der Waals surface area contributed by atoms with Gasteiger partial charge in [0.1, 0.15) is 17.1 Å². The molecule has 3 rings (SSSR count). The average molecular weight is 338 g/mol. The van der Waals surface area contributed by atoms with E-state index in [0.29, 0.717) is 10.9 Å². The maximum atomic E-state index is 12.0. The summed E-state index contributed by atoms with van der Waals surface area (Å²) in [5.41, 5.74) is 0.896. The zero-order chi connectivity index (χ0) is 18.0. The van der Waals surface area contributed by atoms with Crippen LogP contribution in [0.4, 0.5) is 0 Å². The van der Waals surface area contributed by atoms with Gasteiger partial charge in [-0.1, -0.05) is 30.3 Å². The number of benzene rings is 2. The Morgan fingerprint density at radius 1 is 0.920 bits per heavy atom. The Morgan fingerprint density at radius 2 is 1.60 bits per heavy atom. The number of fused-ring (bicyclic) bond motifs is 1. The number of hydrogen-bond donors (Lipinski definition) is 0. The van der Waals surface area contributed by atoms with E-state index in [-0.39, 0.29) is 17.1 Å². The Balaban J connectivity index is 2.35. The third-order valence-electron chi connectivity index (χ3n) is 3.38. The lowest BCUT2D eigenvalue weighted by Gasteiger charge is -2.12. The summed E-state index contributed by atoms with van der Waals surface area (Å²) in [7, 11) is 0. The van der Waals surface area contributed by atoms with Crippen LogP contribution in [0.3, 0.4) is 0 Å². The van der Waals surface area contributed by atoms with Crippen LogP contribution in [-0.2, 0) is 9.59 Å². The zero-order valence-corrected chi connectivity index (χ0v) is 13.6. The molecular weight excluding hydrogens is 324 g/mol. The maximum absolute atomic E-state index is 12.0. The van der Waals surface area contributed by atoms with Gasteiger partial charge >= 0.3 is 17.6 Å². The van der Waals surface area contributed by atoms with Gasteiger partial charge in [0.2, 0.25) is 0 Å². The molecule has 6 heteroatoms. The molecule has 0 aliphatic rings. The summed E-state index contributed by atoms with van der Waals surface area (Å²) in [4.78, 5) is 34.7. The Labute approximate surface area is 142 Å². The topological polar surface area (TPSA) is 82.8 Å². The third-order valence-corrected chi connectivity index (χ3v) is 3.38. The SMILES string of the molecule is CC(=O)Oc1cc(OC(C)=O)c2c(-c3ccccc3)cc(=O)oc2c1. The highest BCUT2D eigenvalue weighted by Crippen LogP contribution is 2.37. The monoisotopic (exact) mass is 338 g/mol. The number of ether oxygens (including phenoxy) is 2. The highest BCUT2D eigenvalue weighted by Gasteiger charge is 2.17. The van der Waals surface area contributed by atoms with Gasteiger partial charge in [-0.05, 0) is 5.56 Å². The largest absolute Gasteiger partial charge is 0.426 e. The van der Waals surface area contributed by atoms with E-state index < -0.39 is 17.6 Å². The molecule has 0 bridgehead atoms. The summed E-state index contributed by atoms with van der Waals surface area (Å²) >= 11 is 0. The van der Waals surface area contributed by atoms with Crippen molar-refractivity contribution in [2.45, 2.75) is 13.8 Å². The van der Waals surface area contributed by atoms with E-state index in [0.717, 1.165) is 5.56 Å². The van der Waals surface area contributed by atoms with E-state index in [1.165, 1.54) is 32.0 Å². The average Bonchev–Trinajstić information content (AvgIpc) is 2.53. The first kappa shape index (κ1) is 16.4. The van der Waals surface area contributed by atoms with Crippen molar-refractivity contribution in [1.29, 1.82) is 0 Å². The highest BCUT2D eigenvalue weighted by atomic mass is 16.5. The number of carbonyl (C=O) groups is 2. The van der Waals surface area contributed by atoms with E-state index in [2.05, 4.69) is 0 Å². The highest BCUT2D eigenvalue weighted by molar-refractivity contribution is 5.99. The summed E-state index contributed by atoms with van der Waals surface area (Å²) in [6.07, 6.45) is 0. The first-order valence-electron chi connectivity index (χ1n) is 7.48. The fourth-order valence-electron chi connectivity index (χ4n) is 2.55. The molecule has 0 spiro atoms. The summed E-state index contributed by atoms with van der Waals surface area (Å²) in [5, 5.41) is 0.442. The predicted octanol–water partition coefficient (Wildman–Crippen LogP) is 3.31. The molecule has 2 aromatic carbocycles. The van der Waals surface area contributed by atoms with Crippen molar-refractivity contribution in [3.05, 3.63) is 59.0 Å². The molecule has 1 aromatic heterocycles. The lowest BCUT2D eigenvalue weighted by Crippen LogP contribution is -2.06. The predicted molar refractivity (Wildman–Crippen MR) is 90.5 cm³/mol. The zero-order valence-electron chi connectivity index (χ0n) is 13.6. The molecule has 0 atom stereocenters. The van der Waals surface area contributed by atoms with Gasteiger partial charge in [0, 0.05) is 37.6 Å². The Bertz CT molecular complexity index is 1020. The normalized spacial score (nSPS) is 10.5. The minimum absolute atomic E-state index is 0.115. The molecule has 0 saturated heterocycles. The fraction of sp³-hybridized carbons (Fsp3) is 0.105. The van der Waals surface area contributed by atoms with Crippen LogP contribution in [0.25, 0.3) is 22.1 Å². The van der Waals surface area contributed by atoms with Crippen molar-refractivity contribution >= 4 is 22.9 Å². The van der Waals surface area contributed by atoms with Crippen molar-refractivity contribution in [1.82, 2.24) is 0 Å². The van der Waals surface area contributed by atoms with Gasteiger partial charge < -0.3 is 13.9 Å². The molecule has 0 fully saturated rings. The van der Waals surface area contributed by atoms with E-state index in [1.54, 1.807) is 0 Å². The molecule has 25 heavy (non-hydrogen) atoms. The maximum Gasteiger partial charge on any atom is 0.336 e. The second-order valence-corrected chi connectivity index (χ2v) is 5.33. The number of carbonyl (C=O) groups excluding carboxylic acids is 2. The molecule has 6 nitrogen and oxygen atoms in total. The molecular formula is C19H14O6. The van der Waals surface area contributed by atoms with Gasteiger partial charge in [0.25, 0.3) is 0 Å². The fourth-order valence-corrected chi connectivity index (χ4v) is 2.55. The molecule has 3 aromatic rings. The quantitative estimate of drug-likeness (QED) is 0.414. The van der Waals surface area contributed by atoms with Crippen LogP contribution in [0.15, 0.2) is 57.7 Å². The number of rotatable bonds is 3. The van der Waals surface area contributed by atoms with Gasteiger partial charge in [-0.3, -0.25) is 9.59 Å². The standard InChI is InChI=1S/C19H14O6/c1-11(20)23-14-8-16(24-12(2)21)19-15(13-6-4-3-5-7-13)10-18(22)25-17(19)9-14/h3-10H,1-2H3. The summed E-state index contributed by atoms with van der Waals surface area (Å²) < 4.78 is 15.5. The van der Waals surface area contributed by atoms with Gasteiger partial charge in [-0.15, -0.1) is 0 Å². The van der Waals surface area contributed by atoms with Crippen LogP contribution in [0.1, 0.15) is 13.8 Å². The molecule has 0 aliphatic carbocycles. The molecule has 0 N–H and O–H groups in total. The van der Waals surface area contributed by atoms with Crippen LogP contribution in [0, 0.1) is 0 Å². The van der Waals surface area contributed by atoms with E-state index in [1.807, 2.05) is 30.3 Å². The van der Waals surface area contributed by atoms with Crippen molar-refractivity contribution in [2.24, 2.45) is 0 Å². The van der Waals surface area contributed by atoms with Crippen LogP contribution in [0.5, 0.6) is 11.5 Å². The molecule has 1 heterocycles. The summed E-state index contributed by atoms with van der Waals surface area (Å²) in [5.74, 6) is -0.838. The van der Waals surface area contributed by atoms with Gasteiger partial charge in [-0.25, -0.2) is 4.79 Å². The summed E-state index contributed by atoms with van der Waals surface area (Å²) in [6, 6.07) is 13.3. The first-order chi connectivity index (χ1) is 11.9. The molecule has 0 radical (unpaired) electrons. The molecule has 0 unspecified atom stereocenters. The molecule has 0 amide bonds. The van der Waals surface area contributed by atoms with Crippen LogP contribution in [-0.4, -0.2) is 11.9 Å². The number of esters is 2. The van der Waals surface area contributed by atoms with E-state index in [9.17, 15) is 14.4 Å². The second kappa shape index (κ2) is 6.60. The Morgan fingerprint density at radius 3 is 2.24 bits per heavy atom. The summed E-state index contributed by atoms with van der Waals surface area (Å²) in [6.45, 7) is 2.50. The lowest BCUT2D eigenvalue weighted by atomic mass is 10.0. The van der Waals surface area contributed by atoms with Crippen LogP contribution >= 0.6 is 0 Å². The number of hydrogen-bond acceptors (Lipinski definition) is 6. The second-order valence-electron chi connectivity index (χ2n) is 5.33. The third kappa shape index (κ3) is 3.58. The molecule has 0 saturated carbocycles. The molecule has 0 aliphatic heterocycles. The van der Waals surface area contributed by atoms with Crippen molar-refractivity contribution in [3.8, 4) is 22.6 Å². The van der Waals surface area contributed by atoms with E-state index >= 15 is 0 Å². The van der Waals surface area contributed by atoms with E-state index in [4.69, 9.17) is 13.9 Å². The van der Waals surface area contributed by atoms with Gasteiger partial charge in [0.05, 0.1) is 5.39 Å².